The molecule has 1 aliphatic rings. The van der Waals surface area contributed by atoms with E-state index in [0.29, 0.717) is 19.0 Å². The Labute approximate surface area is 201 Å². The normalized spacial score (nSPS) is 16.3. The van der Waals surface area contributed by atoms with Gasteiger partial charge in [0.15, 0.2) is 0 Å². The average molecular weight is 507 g/mol. The van der Waals surface area contributed by atoms with Gasteiger partial charge in [-0.25, -0.2) is 17.7 Å². The van der Waals surface area contributed by atoms with Gasteiger partial charge in [0.1, 0.15) is 6.33 Å². The van der Waals surface area contributed by atoms with Gasteiger partial charge in [-0.1, -0.05) is 36.4 Å². The summed E-state index contributed by atoms with van der Waals surface area (Å²) in [6.07, 6.45) is -2.24. The number of hydrogen-bond donors (Lipinski definition) is 1. The fraction of sp³-hybridized carbons (Fsp3) is 0.333. The van der Waals surface area contributed by atoms with Crippen LogP contribution in [0.4, 0.5) is 13.2 Å². The molecule has 35 heavy (non-hydrogen) atoms. The molecule has 11 heteroatoms. The lowest BCUT2D eigenvalue weighted by molar-refractivity contribution is -0.137. The van der Waals surface area contributed by atoms with Gasteiger partial charge in [0, 0.05) is 33.0 Å². The maximum absolute atomic E-state index is 13.0. The smallest absolute Gasteiger partial charge is 0.305 e. The molecule has 0 aliphatic carbocycles. The van der Waals surface area contributed by atoms with Gasteiger partial charge in [0.2, 0.25) is 15.9 Å². The van der Waals surface area contributed by atoms with E-state index in [2.05, 4.69) is 10.3 Å². The van der Waals surface area contributed by atoms with Crippen molar-refractivity contribution in [1.29, 1.82) is 0 Å². The van der Waals surface area contributed by atoms with Gasteiger partial charge in [-0.3, -0.25) is 9.36 Å². The summed E-state index contributed by atoms with van der Waals surface area (Å²) in [5.74, 6) is -0.211. The number of imidazole rings is 1. The SMILES string of the molecule is CN(CCCC(=O)n1cnc2c1CCNC2c1ccccc1)S(=O)(=O)c1cccc(C(F)(F)F)c1. The number of alkyl halides is 3. The van der Waals surface area contributed by atoms with Crippen molar-refractivity contribution in [3.05, 3.63) is 83.4 Å². The van der Waals surface area contributed by atoms with E-state index in [1.165, 1.54) is 17.9 Å². The molecule has 4 rings (SSSR count). The van der Waals surface area contributed by atoms with Crippen LogP contribution in [-0.4, -0.2) is 48.3 Å². The van der Waals surface area contributed by atoms with E-state index in [1.54, 1.807) is 0 Å². The highest BCUT2D eigenvalue weighted by atomic mass is 32.2. The van der Waals surface area contributed by atoms with Crippen molar-refractivity contribution in [1.82, 2.24) is 19.2 Å². The summed E-state index contributed by atoms with van der Waals surface area (Å²) >= 11 is 0. The predicted octanol–water partition coefficient (Wildman–Crippen LogP) is 3.88. The van der Waals surface area contributed by atoms with Crippen LogP contribution in [0.2, 0.25) is 0 Å². The monoisotopic (exact) mass is 506 g/mol. The second-order valence-corrected chi connectivity index (χ2v) is 10.4. The molecule has 0 bridgehead atoms. The van der Waals surface area contributed by atoms with Crippen LogP contribution in [0, 0.1) is 0 Å². The standard InChI is InChI=1S/C24H25F3N4O3S/c1-30(35(33,34)19-10-5-9-18(15-19)24(25,26)27)14-6-11-21(32)31-16-29-23-20(31)12-13-28-22(23)17-7-3-2-4-8-17/h2-5,7-10,15-16,22,28H,6,11-14H2,1H3. The van der Waals surface area contributed by atoms with Crippen LogP contribution in [0.25, 0.3) is 0 Å². The number of fused-ring (bicyclic) bond motifs is 1. The molecular weight excluding hydrogens is 481 g/mol. The van der Waals surface area contributed by atoms with E-state index >= 15 is 0 Å². The van der Waals surface area contributed by atoms with Crippen LogP contribution in [0.15, 0.2) is 65.8 Å². The Hall–Kier alpha value is -3.02. The zero-order valence-corrected chi connectivity index (χ0v) is 19.8. The third-order valence-electron chi connectivity index (χ3n) is 6.02. The van der Waals surface area contributed by atoms with Gasteiger partial charge < -0.3 is 5.32 Å². The number of halogens is 3. The topological polar surface area (TPSA) is 84.3 Å². The summed E-state index contributed by atoms with van der Waals surface area (Å²) in [5.41, 5.74) is 1.63. The van der Waals surface area contributed by atoms with Crippen LogP contribution < -0.4 is 5.32 Å². The van der Waals surface area contributed by atoms with Gasteiger partial charge >= 0.3 is 6.18 Å². The van der Waals surface area contributed by atoms with Gasteiger partial charge in [0.25, 0.3) is 0 Å². The fourth-order valence-electron chi connectivity index (χ4n) is 4.15. The molecular formula is C24H25F3N4O3S. The number of sulfonamides is 1. The van der Waals surface area contributed by atoms with E-state index in [0.717, 1.165) is 39.5 Å². The molecule has 3 aromatic rings. The number of benzene rings is 2. The van der Waals surface area contributed by atoms with Crippen molar-refractivity contribution >= 4 is 15.9 Å². The minimum absolute atomic E-state index is 0.0185. The van der Waals surface area contributed by atoms with Crippen LogP contribution in [0.1, 0.15) is 46.2 Å². The van der Waals surface area contributed by atoms with Crippen LogP contribution >= 0.6 is 0 Å². The molecule has 0 radical (unpaired) electrons. The maximum atomic E-state index is 13.0. The molecule has 0 saturated carbocycles. The van der Waals surface area contributed by atoms with Gasteiger partial charge in [0.05, 0.1) is 27.9 Å². The molecule has 0 spiro atoms. The van der Waals surface area contributed by atoms with E-state index in [1.807, 2.05) is 30.3 Å². The lowest BCUT2D eigenvalue weighted by Gasteiger charge is -2.24. The average Bonchev–Trinajstić information content (AvgIpc) is 3.28. The van der Waals surface area contributed by atoms with Crippen molar-refractivity contribution in [3.63, 3.8) is 0 Å². The van der Waals surface area contributed by atoms with Gasteiger partial charge in [-0.2, -0.15) is 13.2 Å². The Morgan fingerprint density at radius 3 is 2.63 bits per heavy atom. The molecule has 1 N–H and O–H groups in total. The largest absolute Gasteiger partial charge is 0.416 e. The molecule has 1 aromatic heterocycles. The third kappa shape index (κ3) is 5.31. The number of carbonyl (C=O) groups is 1. The quantitative estimate of drug-likeness (QED) is 0.526. The molecule has 2 heterocycles. The number of aromatic nitrogens is 2. The van der Waals surface area contributed by atoms with E-state index < -0.39 is 26.7 Å². The van der Waals surface area contributed by atoms with Crippen molar-refractivity contribution < 1.29 is 26.4 Å². The number of rotatable bonds is 7. The Morgan fingerprint density at radius 1 is 1.17 bits per heavy atom. The minimum atomic E-state index is -4.64. The molecule has 1 unspecified atom stereocenters. The molecule has 0 saturated heterocycles. The first kappa shape index (κ1) is 25.1. The van der Waals surface area contributed by atoms with Crippen molar-refractivity contribution in [3.8, 4) is 0 Å². The van der Waals surface area contributed by atoms with Crippen molar-refractivity contribution in [2.45, 2.75) is 36.4 Å². The molecule has 0 amide bonds. The number of carbonyl (C=O) groups excluding carboxylic acids is 1. The summed E-state index contributed by atoms with van der Waals surface area (Å²) in [5, 5.41) is 3.42. The molecule has 186 valence electrons. The van der Waals surface area contributed by atoms with E-state index in [9.17, 15) is 26.4 Å². The lowest BCUT2D eigenvalue weighted by atomic mass is 9.98. The predicted molar refractivity (Wildman–Crippen MR) is 123 cm³/mol. The highest BCUT2D eigenvalue weighted by molar-refractivity contribution is 7.89. The first-order chi connectivity index (χ1) is 16.6. The van der Waals surface area contributed by atoms with E-state index in [4.69, 9.17) is 0 Å². The molecule has 1 atom stereocenters. The van der Waals surface area contributed by atoms with Gasteiger partial charge in [-0.05, 0) is 30.2 Å². The summed E-state index contributed by atoms with van der Waals surface area (Å²) in [6.45, 7) is 0.666. The van der Waals surface area contributed by atoms with Crippen LogP contribution in [0.5, 0.6) is 0 Å². The molecule has 2 aromatic carbocycles. The van der Waals surface area contributed by atoms with Crippen LogP contribution in [-0.2, 0) is 22.6 Å². The Morgan fingerprint density at radius 2 is 1.91 bits per heavy atom. The van der Waals surface area contributed by atoms with Crippen LogP contribution in [0.3, 0.4) is 0 Å². The highest BCUT2D eigenvalue weighted by Gasteiger charge is 2.32. The van der Waals surface area contributed by atoms with Crippen molar-refractivity contribution in [2.75, 3.05) is 20.1 Å². The number of hydrogen-bond acceptors (Lipinski definition) is 5. The second-order valence-electron chi connectivity index (χ2n) is 8.34. The zero-order chi connectivity index (χ0) is 25.2. The van der Waals surface area contributed by atoms with Crippen molar-refractivity contribution in [2.24, 2.45) is 0 Å². The maximum Gasteiger partial charge on any atom is 0.416 e. The second kappa shape index (κ2) is 9.92. The Bertz CT molecular complexity index is 1310. The lowest BCUT2D eigenvalue weighted by Crippen LogP contribution is -2.32. The summed E-state index contributed by atoms with van der Waals surface area (Å²) in [4.78, 5) is 16.9. The Balaban J connectivity index is 1.41. The molecule has 7 nitrogen and oxygen atoms in total. The number of nitrogens with one attached hydrogen (secondary N) is 1. The first-order valence-corrected chi connectivity index (χ1v) is 12.5. The zero-order valence-electron chi connectivity index (χ0n) is 19.0. The highest BCUT2D eigenvalue weighted by Crippen LogP contribution is 2.31. The first-order valence-electron chi connectivity index (χ1n) is 11.1. The third-order valence-corrected chi connectivity index (χ3v) is 7.87. The number of nitrogens with zero attached hydrogens (tertiary/aromatic N) is 3. The summed E-state index contributed by atoms with van der Waals surface area (Å²) < 4.78 is 66.8. The van der Waals surface area contributed by atoms with Gasteiger partial charge in [-0.15, -0.1) is 0 Å². The molecule has 1 aliphatic heterocycles. The summed E-state index contributed by atoms with van der Waals surface area (Å²) in [7, 11) is -2.84. The van der Waals surface area contributed by atoms with E-state index in [-0.39, 0.29) is 31.3 Å². The summed E-state index contributed by atoms with van der Waals surface area (Å²) in [6, 6.07) is 13.3. The fourth-order valence-corrected chi connectivity index (χ4v) is 5.41. The minimum Gasteiger partial charge on any atom is -0.305 e. The molecule has 0 fully saturated rings. The Kier molecular flexibility index (Phi) is 7.11.